The normalized spacial score (nSPS) is 15.2. The van der Waals surface area contributed by atoms with E-state index in [1.54, 1.807) is 0 Å². The molecule has 138 valence electrons. The van der Waals surface area contributed by atoms with Crippen molar-refractivity contribution in [3.8, 4) is 5.75 Å². The molecular formula is C21H27N3O2. The van der Waals surface area contributed by atoms with Crippen molar-refractivity contribution in [2.24, 2.45) is 0 Å². The molecule has 2 aromatic carbocycles. The van der Waals surface area contributed by atoms with Crippen LogP contribution in [0.5, 0.6) is 5.75 Å². The highest BCUT2D eigenvalue weighted by atomic mass is 16.5. The van der Waals surface area contributed by atoms with Crippen molar-refractivity contribution in [1.82, 2.24) is 0 Å². The number of carbonyl (C=O) groups is 1. The lowest BCUT2D eigenvalue weighted by molar-refractivity contribution is -0.117. The highest BCUT2D eigenvalue weighted by Gasteiger charge is 2.33. The van der Waals surface area contributed by atoms with Crippen molar-refractivity contribution in [1.29, 1.82) is 0 Å². The van der Waals surface area contributed by atoms with Crippen LogP contribution in [-0.2, 0) is 4.79 Å². The van der Waals surface area contributed by atoms with Crippen LogP contribution in [0.4, 0.5) is 17.1 Å². The molecule has 1 aliphatic rings. The molecular weight excluding hydrogens is 326 g/mol. The topological polar surface area (TPSA) is 58.8 Å². The average molecular weight is 353 g/mol. The first-order chi connectivity index (χ1) is 12.3. The Bertz CT molecular complexity index is 817. The number of anilines is 3. The molecule has 3 rings (SSSR count). The van der Waals surface area contributed by atoms with Gasteiger partial charge in [-0.1, -0.05) is 12.1 Å². The van der Waals surface area contributed by atoms with Gasteiger partial charge in [0.15, 0.2) is 0 Å². The third-order valence-electron chi connectivity index (χ3n) is 4.54. The Morgan fingerprint density at radius 2 is 2.04 bits per heavy atom. The van der Waals surface area contributed by atoms with E-state index < -0.39 is 0 Å². The smallest absolute Gasteiger partial charge is 0.246 e. The van der Waals surface area contributed by atoms with Gasteiger partial charge in [0, 0.05) is 17.9 Å². The van der Waals surface area contributed by atoms with Crippen molar-refractivity contribution < 1.29 is 9.53 Å². The molecule has 0 aromatic heterocycles. The Labute approximate surface area is 155 Å². The summed E-state index contributed by atoms with van der Waals surface area (Å²) in [6, 6.07) is 13.6. The Hall–Kier alpha value is -2.69. The molecule has 1 heterocycles. The number of hydrogen-bond acceptors (Lipinski definition) is 4. The number of rotatable bonds is 4. The van der Waals surface area contributed by atoms with Crippen molar-refractivity contribution in [3.63, 3.8) is 0 Å². The Balaban J connectivity index is 1.87. The van der Waals surface area contributed by atoms with Gasteiger partial charge in [-0.25, -0.2) is 0 Å². The summed E-state index contributed by atoms with van der Waals surface area (Å²) in [5, 5.41) is 0. The number of nitrogen functional groups attached to an aromatic ring is 1. The first-order valence-corrected chi connectivity index (χ1v) is 8.99. The lowest BCUT2D eigenvalue weighted by atomic mass is 10.0. The summed E-state index contributed by atoms with van der Waals surface area (Å²) in [4.78, 5) is 17.0. The summed E-state index contributed by atoms with van der Waals surface area (Å²) in [5.41, 5.74) is 9.19. The number of likely N-dealkylation sites (N-methyl/N-ethyl adjacent to an activating group) is 1. The van der Waals surface area contributed by atoms with Gasteiger partial charge in [0.05, 0.1) is 18.8 Å². The Morgan fingerprint density at radius 3 is 2.73 bits per heavy atom. The van der Waals surface area contributed by atoms with Crippen LogP contribution in [-0.4, -0.2) is 31.1 Å². The predicted octanol–water partition coefficient (Wildman–Crippen LogP) is 3.61. The maximum atomic E-state index is 13.1. The van der Waals surface area contributed by atoms with E-state index in [1.807, 2.05) is 75.1 Å². The molecule has 0 atom stereocenters. The number of benzene rings is 2. The molecule has 0 saturated carbocycles. The molecule has 1 aliphatic heterocycles. The van der Waals surface area contributed by atoms with E-state index in [4.69, 9.17) is 10.5 Å². The van der Waals surface area contributed by atoms with Gasteiger partial charge < -0.3 is 20.3 Å². The predicted molar refractivity (Wildman–Crippen MR) is 107 cm³/mol. The molecule has 2 N–H and O–H groups in total. The minimum atomic E-state index is -0.371. The standard InChI is InChI=1S/C21H27N3O2/c1-5-24(17-8-6-7-15(2)11-17)20(25)13-23-14-21(3,4)26-19-10-9-16(22)12-18(19)23/h6-12H,5,13-14,22H2,1-4H3. The molecule has 0 fully saturated rings. The molecule has 0 radical (unpaired) electrons. The molecule has 1 amide bonds. The van der Waals surface area contributed by atoms with E-state index >= 15 is 0 Å². The van der Waals surface area contributed by atoms with E-state index in [1.165, 1.54) is 0 Å². The second-order valence-electron chi connectivity index (χ2n) is 7.42. The number of carbonyl (C=O) groups excluding carboxylic acids is 1. The molecule has 0 saturated heterocycles. The first-order valence-electron chi connectivity index (χ1n) is 8.99. The van der Waals surface area contributed by atoms with Crippen LogP contribution in [0.2, 0.25) is 0 Å². The van der Waals surface area contributed by atoms with Gasteiger partial charge in [-0.15, -0.1) is 0 Å². The summed E-state index contributed by atoms with van der Waals surface area (Å²) in [6.07, 6.45) is 0. The summed E-state index contributed by atoms with van der Waals surface area (Å²) < 4.78 is 6.05. The van der Waals surface area contributed by atoms with E-state index in [2.05, 4.69) is 4.90 Å². The van der Waals surface area contributed by atoms with Crippen LogP contribution >= 0.6 is 0 Å². The third kappa shape index (κ3) is 3.77. The minimum Gasteiger partial charge on any atom is -0.484 e. The number of fused-ring (bicyclic) bond motifs is 1. The SMILES string of the molecule is CCN(C(=O)CN1CC(C)(C)Oc2ccc(N)cc21)c1cccc(C)c1. The lowest BCUT2D eigenvalue weighted by Gasteiger charge is -2.41. The fourth-order valence-electron chi connectivity index (χ4n) is 3.43. The quantitative estimate of drug-likeness (QED) is 0.853. The third-order valence-corrected chi connectivity index (χ3v) is 4.54. The van der Waals surface area contributed by atoms with Gasteiger partial charge in [-0.3, -0.25) is 4.79 Å². The number of ether oxygens (including phenoxy) is 1. The Morgan fingerprint density at radius 1 is 1.27 bits per heavy atom. The van der Waals surface area contributed by atoms with Gasteiger partial charge in [0.25, 0.3) is 0 Å². The van der Waals surface area contributed by atoms with Crippen LogP contribution in [0, 0.1) is 6.92 Å². The van der Waals surface area contributed by atoms with E-state index in [0.29, 0.717) is 18.8 Å². The second kappa shape index (κ2) is 6.90. The minimum absolute atomic E-state index is 0.0594. The van der Waals surface area contributed by atoms with Crippen LogP contribution in [0.1, 0.15) is 26.3 Å². The molecule has 0 bridgehead atoms. The fraction of sp³-hybridized carbons (Fsp3) is 0.381. The van der Waals surface area contributed by atoms with Crippen LogP contribution < -0.4 is 20.3 Å². The van der Waals surface area contributed by atoms with E-state index in [-0.39, 0.29) is 18.1 Å². The first kappa shape index (κ1) is 18.1. The summed E-state index contributed by atoms with van der Waals surface area (Å²) >= 11 is 0. The summed E-state index contributed by atoms with van der Waals surface area (Å²) in [5.74, 6) is 0.825. The van der Waals surface area contributed by atoms with E-state index in [9.17, 15) is 4.79 Å². The van der Waals surface area contributed by atoms with Crippen molar-refractivity contribution in [3.05, 3.63) is 48.0 Å². The Kier molecular flexibility index (Phi) is 4.81. The van der Waals surface area contributed by atoms with Gasteiger partial charge in [0.1, 0.15) is 11.4 Å². The lowest BCUT2D eigenvalue weighted by Crippen LogP contribution is -2.50. The van der Waals surface area contributed by atoms with Crippen molar-refractivity contribution in [2.75, 3.05) is 35.2 Å². The molecule has 0 unspecified atom stereocenters. The fourth-order valence-corrected chi connectivity index (χ4v) is 3.43. The number of aryl methyl sites for hydroxylation is 1. The monoisotopic (exact) mass is 353 g/mol. The molecule has 0 spiro atoms. The summed E-state index contributed by atoms with van der Waals surface area (Å²) in [6.45, 7) is 9.62. The zero-order valence-corrected chi connectivity index (χ0v) is 16.0. The molecule has 0 aliphatic carbocycles. The van der Waals surface area contributed by atoms with Crippen LogP contribution in [0.15, 0.2) is 42.5 Å². The van der Waals surface area contributed by atoms with Crippen molar-refractivity contribution in [2.45, 2.75) is 33.3 Å². The highest BCUT2D eigenvalue weighted by Crippen LogP contribution is 2.38. The van der Waals surface area contributed by atoms with Crippen LogP contribution in [0.3, 0.4) is 0 Å². The second-order valence-corrected chi connectivity index (χ2v) is 7.42. The number of hydrogen-bond donors (Lipinski definition) is 1. The molecule has 5 nitrogen and oxygen atoms in total. The zero-order valence-electron chi connectivity index (χ0n) is 16.0. The van der Waals surface area contributed by atoms with Crippen LogP contribution in [0.25, 0.3) is 0 Å². The average Bonchev–Trinajstić information content (AvgIpc) is 2.55. The van der Waals surface area contributed by atoms with E-state index in [0.717, 1.165) is 22.7 Å². The molecule has 5 heteroatoms. The largest absolute Gasteiger partial charge is 0.484 e. The van der Waals surface area contributed by atoms with Gasteiger partial charge in [-0.05, 0) is 63.6 Å². The van der Waals surface area contributed by atoms with Gasteiger partial charge in [-0.2, -0.15) is 0 Å². The van der Waals surface area contributed by atoms with Gasteiger partial charge >= 0.3 is 0 Å². The highest BCUT2D eigenvalue weighted by molar-refractivity contribution is 5.96. The number of nitrogens with two attached hydrogens (primary N) is 1. The zero-order chi connectivity index (χ0) is 18.9. The maximum absolute atomic E-state index is 13.1. The summed E-state index contributed by atoms with van der Waals surface area (Å²) in [7, 11) is 0. The molecule has 26 heavy (non-hydrogen) atoms. The number of amides is 1. The maximum Gasteiger partial charge on any atom is 0.246 e. The van der Waals surface area contributed by atoms with Gasteiger partial charge in [0.2, 0.25) is 5.91 Å². The molecule has 2 aromatic rings. The number of nitrogens with zero attached hydrogens (tertiary/aromatic N) is 2. The van der Waals surface area contributed by atoms with Crippen molar-refractivity contribution >= 4 is 23.0 Å².